The van der Waals surface area contributed by atoms with Gasteiger partial charge in [0.25, 0.3) is 11.5 Å². The minimum Gasteiger partial charge on any atom is -0.349 e. The van der Waals surface area contributed by atoms with E-state index in [0.717, 1.165) is 18.9 Å². The van der Waals surface area contributed by atoms with Crippen molar-refractivity contribution in [3.63, 3.8) is 0 Å². The first-order chi connectivity index (χ1) is 9.77. The summed E-state index contributed by atoms with van der Waals surface area (Å²) in [5.41, 5.74) is 3.20. The first kappa shape index (κ1) is 15.6. The van der Waals surface area contributed by atoms with Crippen LogP contribution >= 0.6 is 0 Å². The molecule has 8 heteroatoms. The van der Waals surface area contributed by atoms with Crippen molar-refractivity contribution in [3.8, 4) is 0 Å². The SMILES string of the molecule is NC1CCC(NC(=O)c2ccc(C(F)(F)F)[nH]c2=O)CC1. The van der Waals surface area contributed by atoms with E-state index in [4.69, 9.17) is 5.73 Å². The highest BCUT2D eigenvalue weighted by molar-refractivity contribution is 5.94. The lowest BCUT2D eigenvalue weighted by atomic mass is 9.91. The maximum atomic E-state index is 12.4. The van der Waals surface area contributed by atoms with Crippen molar-refractivity contribution < 1.29 is 18.0 Å². The molecule has 1 fully saturated rings. The van der Waals surface area contributed by atoms with Gasteiger partial charge in [0.05, 0.1) is 0 Å². The molecule has 2 rings (SSSR count). The number of aromatic nitrogens is 1. The van der Waals surface area contributed by atoms with Gasteiger partial charge < -0.3 is 16.0 Å². The fourth-order valence-corrected chi connectivity index (χ4v) is 2.34. The van der Waals surface area contributed by atoms with E-state index in [2.05, 4.69) is 5.32 Å². The zero-order valence-electron chi connectivity index (χ0n) is 11.2. The van der Waals surface area contributed by atoms with Crippen molar-refractivity contribution in [2.75, 3.05) is 0 Å². The number of halogens is 3. The molecule has 0 spiro atoms. The topological polar surface area (TPSA) is 88.0 Å². The van der Waals surface area contributed by atoms with Crippen LogP contribution in [-0.4, -0.2) is 23.0 Å². The van der Waals surface area contributed by atoms with Crippen LogP contribution in [0.25, 0.3) is 0 Å². The van der Waals surface area contributed by atoms with Crippen molar-refractivity contribution in [2.24, 2.45) is 5.73 Å². The minimum absolute atomic E-state index is 0.0982. The number of aromatic amines is 1. The second-order valence-corrected chi connectivity index (χ2v) is 5.20. The summed E-state index contributed by atoms with van der Waals surface area (Å²) in [6.07, 6.45) is -1.70. The van der Waals surface area contributed by atoms with Gasteiger partial charge >= 0.3 is 6.18 Å². The molecule has 116 valence electrons. The molecular weight excluding hydrogens is 287 g/mol. The summed E-state index contributed by atoms with van der Waals surface area (Å²) in [7, 11) is 0. The van der Waals surface area contributed by atoms with Gasteiger partial charge in [-0.3, -0.25) is 9.59 Å². The molecule has 1 saturated carbocycles. The van der Waals surface area contributed by atoms with E-state index in [0.29, 0.717) is 18.9 Å². The molecule has 5 nitrogen and oxygen atoms in total. The Balaban J connectivity index is 2.08. The van der Waals surface area contributed by atoms with E-state index in [1.54, 1.807) is 4.98 Å². The van der Waals surface area contributed by atoms with Crippen molar-refractivity contribution in [1.82, 2.24) is 10.3 Å². The zero-order valence-corrected chi connectivity index (χ0v) is 11.2. The van der Waals surface area contributed by atoms with E-state index in [1.807, 2.05) is 0 Å². The van der Waals surface area contributed by atoms with Gasteiger partial charge in [-0.05, 0) is 37.8 Å². The predicted octanol–water partition coefficient (Wildman–Crippen LogP) is 1.39. The van der Waals surface area contributed by atoms with E-state index in [-0.39, 0.29) is 17.6 Å². The van der Waals surface area contributed by atoms with Crippen LogP contribution in [0.3, 0.4) is 0 Å². The largest absolute Gasteiger partial charge is 0.431 e. The Morgan fingerprint density at radius 3 is 2.38 bits per heavy atom. The molecule has 0 aliphatic heterocycles. The standard InChI is InChI=1S/C13H16F3N3O2/c14-13(15,16)10-6-5-9(12(21)19-10)11(20)18-8-3-1-7(17)2-4-8/h5-8H,1-4,17H2,(H,18,20)(H,19,21). The number of amides is 1. The molecular formula is C13H16F3N3O2. The van der Waals surface area contributed by atoms with Gasteiger partial charge in [-0.15, -0.1) is 0 Å². The third-order valence-corrected chi connectivity index (χ3v) is 3.57. The lowest BCUT2D eigenvalue weighted by molar-refractivity contribution is -0.141. The number of nitrogens with two attached hydrogens (primary N) is 1. The Morgan fingerprint density at radius 1 is 1.24 bits per heavy atom. The summed E-state index contributed by atoms with van der Waals surface area (Å²) in [4.78, 5) is 25.2. The van der Waals surface area contributed by atoms with Crippen molar-refractivity contribution >= 4 is 5.91 Å². The minimum atomic E-state index is -4.65. The van der Waals surface area contributed by atoms with Crippen LogP contribution in [0.2, 0.25) is 0 Å². The smallest absolute Gasteiger partial charge is 0.349 e. The second-order valence-electron chi connectivity index (χ2n) is 5.20. The molecule has 21 heavy (non-hydrogen) atoms. The third-order valence-electron chi connectivity index (χ3n) is 3.57. The number of nitrogens with one attached hydrogen (secondary N) is 2. The average molecular weight is 303 g/mol. The highest BCUT2D eigenvalue weighted by atomic mass is 19.4. The maximum Gasteiger partial charge on any atom is 0.431 e. The predicted molar refractivity (Wildman–Crippen MR) is 69.8 cm³/mol. The third kappa shape index (κ3) is 3.84. The second kappa shape index (κ2) is 5.88. The van der Waals surface area contributed by atoms with Crippen LogP contribution in [0.1, 0.15) is 41.7 Å². The van der Waals surface area contributed by atoms with Crippen LogP contribution < -0.4 is 16.6 Å². The number of hydrogen-bond acceptors (Lipinski definition) is 3. The van der Waals surface area contributed by atoms with E-state index >= 15 is 0 Å². The molecule has 0 bridgehead atoms. The molecule has 0 radical (unpaired) electrons. The summed E-state index contributed by atoms with van der Waals surface area (Å²) in [6.45, 7) is 0. The molecule has 1 aromatic rings. The number of H-pyrrole nitrogens is 1. The lowest BCUT2D eigenvalue weighted by Gasteiger charge is -2.26. The number of hydrogen-bond donors (Lipinski definition) is 3. The molecule has 1 aliphatic rings. The van der Waals surface area contributed by atoms with E-state index in [9.17, 15) is 22.8 Å². The zero-order chi connectivity index (χ0) is 15.6. The first-order valence-corrected chi connectivity index (χ1v) is 6.64. The molecule has 1 aromatic heterocycles. The summed E-state index contributed by atoms with van der Waals surface area (Å²) >= 11 is 0. The van der Waals surface area contributed by atoms with Crippen LogP contribution in [0.15, 0.2) is 16.9 Å². The van der Waals surface area contributed by atoms with Gasteiger partial charge in [0.1, 0.15) is 11.3 Å². The normalized spacial score (nSPS) is 22.9. The van der Waals surface area contributed by atoms with Crippen molar-refractivity contribution in [3.05, 3.63) is 33.7 Å². The van der Waals surface area contributed by atoms with Crippen LogP contribution in [-0.2, 0) is 6.18 Å². The Kier molecular flexibility index (Phi) is 4.36. The van der Waals surface area contributed by atoms with Crippen LogP contribution in [0.5, 0.6) is 0 Å². The molecule has 1 heterocycles. The van der Waals surface area contributed by atoms with Crippen LogP contribution in [0.4, 0.5) is 13.2 Å². The summed E-state index contributed by atoms with van der Waals surface area (Å²) in [6, 6.07) is 1.60. The van der Waals surface area contributed by atoms with Crippen molar-refractivity contribution in [1.29, 1.82) is 0 Å². The fourth-order valence-electron chi connectivity index (χ4n) is 2.34. The highest BCUT2D eigenvalue weighted by Crippen LogP contribution is 2.26. The molecule has 0 unspecified atom stereocenters. The number of pyridine rings is 1. The molecule has 0 saturated heterocycles. The van der Waals surface area contributed by atoms with Crippen LogP contribution in [0, 0.1) is 0 Å². The fraction of sp³-hybridized carbons (Fsp3) is 0.538. The van der Waals surface area contributed by atoms with Gasteiger partial charge in [0, 0.05) is 12.1 Å². The molecule has 0 aromatic carbocycles. The average Bonchev–Trinajstić information content (AvgIpc) is 2.40. The number of alkyl halides is 3. The molecule has 1 amide bonds. The Morgan fingerprint density at radius 2 is 1.86 bits per heavy atom. The van der Waals surface area contributed by atoms with Crippen molar-refractivity contribution in [2.45, 2.75) is 43.9 Å². The summed E-state index contributed by atoms with van der Waals surface area (Å²) in [5.74, 6) is -0.662. The highest BCUT2D eigenvalue weighted by Gasteiger charge is 2.32. The number of carbonyl (C=O) groups is 1. The van der Waals surface area contributed by atoms with E-state index < -0.39 is 23.3 Å². The van der Waals surface area contributed by atoms with Gasteiger partial charge in [-0.1, -0.05) is 0 Å². The Bertz CT molecular complexity index is 575. The Labute approximate surface area is 118 Å². The Hall–Kier alpha value is -1.83. The summed E-state index contributed by atoms with van der Waals surface area (Å²) < 4.78 is 37.3. The maximum absolute atomic E-state index is 12.4. The lowest BCUT2D eigenvalue weighted by Crippen LogP contribution is -2.42. The molecule has 4 N–H and O–H groups in total. The van der Waals surface area contributed by atoms with Gasteiger partial charge in [0.15, 0.2) is 0 Å². The first-order valence-electron chi connectivity index (χ1n) is 6.64. The van der Waals surface area contributed by atoms with Gasteiger partial charge in [0.2, 0.25) is 0 Å². The molecule has 0 atom stereocenters. The number of carbonyl (C=O) groups excluding carboxylic acids is 1. The number of rotatable bonds is 2. The van der Waals surface area contributed by atoms with E-state index in [1.165, 1.54) is 0 Å². The quantitative estimate of drug-likeness (QED) is 0.771. The summed E-state index contributed by atoms with van der Waals surface area (Å²) in [5, 5.41) is 2.66. The monoisotopic (exact) mass is 303 g/mol. The van der Waals surface area contributed by atoms with Gasteiger partial charge in [-0.2, -0.15) is 13.2 Å². The van der Waals surface area contributed by atoms with Gasteiger partial charge in [-0.25, -0.2) is 0 Å². The molecule has 1 aliphatic carbocycles.